The molecule has 4 N–H and O–H groups in total. The SMILES string of the molecule is Cc1ccc(NC(=O)NCc2ccc(-c3cc(NC(=O)c4ccc(OCCN5CCOCC5)cc4)n[nH]3)cc2)cc1. The van der Waals surface area contributed by atoms with Gasteiger partial charge >= 0.3 is 6.03 Å². The molecule has 0 atom stereocenters. The smallest absolute Gasteiger partial charge is 0.319 e. The van der Waals surface area contributed by atoms with Crippen molar-refractivity contribution in [2.24, 2.45) is 0 Å². The maximum atomic E-state index is 12.7. The van der Waals surface area contributed by atoms with E-state index in [2.05, 4.69) is 31.0 Å². The molecule has 212 valence electrons. The minimum Gasteiger partial charge on any atom is -0.492 e. The van der Waals surface area contributed by atoms with Gasteiger partial charge in [0, 0.05) is 43.5 Å². The first-order valence-electron chi connectivity index (χ1n) is 13.6. The van der Waals surface area contributed by atoms with Crippen LogP contribution in [0, 0.1) is 6.92 Å². The lowest BCUT2D eigenvalue weighted by Crippen LogP contribution is -2.38. The Bertz CT molecular complexity index is 1430. The zero-order valence-corrected chi connectivity index (χ0v) is 23.0. The summed E-state index contributed by atoms with van der Waals surface area (Å²) in [5.74, 6) is 0.894. The Morgan fingerprint density at radius 2 is 1.68 bits per heavy atom. The van der Waals surface area contributed by atoms with Crippen LogP contribution in [0.2, 0.25) is 0 Å². The molecule has 0 aliphatic carbocycles. The van der Waals surface area contributed by atoms with Gasteiger partial charge in [-0.05, 0) is 54.4 Å². The number of morpholine rings is 1. The topological polar surface area (TPSA) is 121 Å². The lowest BCUT2D eigenvalue weighted by atomic mass is 10.1. The molecule has 5 rings (SSSR count). The highest BCUT2D eigenvalue weighted by atomic mass is 16.5. The van der Waals surface area contributed by atoms with E-state index in [1.54, 1.807) is 30.3 Å². The number of carbonyl (C=O) groups is 2. The molecule has 3 aromatic carbocycles. The summed E-state index contributed by atoms with van der Waals surface area (Å²) in [7, 11) is 0. The molecule has 10 nitrogen and oxygen atoms in total. The third-order valence-corrected chi connectivity index (χ3v) is 6.74. The molecule has 0 unspecified atom stereocenters. The first-order valence-corrected chi connectivity index (χ1v) is 13.6. The average molecular weight is 555 g/mol. The number of nitrogens with one attached hydrogen (secondary N) is 4. The molecular weight excluding hydrogens is 520 g/mol. The monoisotopic (exact) mass is 554 g/mol. The molecule has 2 heterocycles. The number of urea groups is 1. The van der Waals surface area contributed by atoms with E-state index in [1.165, 1.54) is 0 Å². The van der Waals surface area contributed by atoms with Crippen molar-refractivity contribution in [3.05, 3.63) is 95.6 Å². The quantitative estimate of drug-likeness (QED) is 0.226. The zero-order valence-electron chi connectivity index (χ0n) is 23.0. The van der Waals surface area contributed by atoms with Gasteiger partial charge in [-0.1, -0.05) is 42.0 Å². The first-order chi connectivity index (χ1) is 20.0. The highest BCUT2D eigenvalue weighted by Crippen LogP contribution is 2.21. The van der Waals surface area contributed by atoms with E-state index < -0.39 is 0 Å². The normalized spacial score (nSPS) is 13.4. The Labute approximate surface area is 239 Å². The number of aromatic amines is 1. The number of ether oxygens (including phenoxy) is 2. The van der Waals surface area contributed by atoms with E-state index in [0.29, 0.717) is 24.5 Å². The van der Waals surface area contributed by atoms with Gasteiger partial charge in [0.25, 0.3) is 5.91 Å². The van der Waals surface area contributed by atoms with Crippen LogP contribution in [-0.4, -0.2) is 66.5 Å². The molecular formula is C31H34N6O4. The minimum atomic E-state index is -0.266. The van der Waals surface area contributed by atoms with E-state index >= 15 is 0 Å². The van der Waals surface area contributed by atoms with Gasteiger partial charge in [-0.15, -0.1) is 0 Å². The third-order valence-electron chi connectivity index (χ3n) is 6.74. The molecule has 1 aliphatic heterocycles. The second-order valence-electron chi connectivity index (χ2n) is 9.82. The molecule has 1 aromatic heterocycles. The zero-order chi connectivity index (χ0) is 28.4. The number of hydrogen-bond acceptors (Lipinski definition) is 6. The van der Waals surface area contributed by atoms with Crippen molar-refractivity contribution in [2.75, 3.05) is 50.1 Å². The van der Waals surface area contributed by atoms with Gasteiger partial charge in [0.05, 0.1) is 18.9 Å². The first kappa shape index (κ1) is 27.9. The fourth-order valence-electron chi connectivity index (χ4n) is 4.34. The second-order valence-corrected chi connectivity index (χ2v) is 9.82. The number of rotatable bonds is 10. The van der Waals surface area contributed by atoms with Gasteiger partial charge in [0.1, 0.15) is 12.4 Å². The van der Waals surface area contributed by atoms with E-state index in [9.17, 15) is 9.59 Å². The fraction of sp³-hybridized carbons (Fsp3) is 0.258. The molecule has 0 spiro atoms. The van der Waals surface area contributed by atoms with Crippen LogP contribution in [0.15, 0.2) is 78.9 Å². The Kier molecular flexibility index (Phi) is 9.25. The number of carbonyl (C=O) groups excluding carboxylic acids is 2. The van der Waals surface area contributed by atoms with Crippen molar-refractivity contribution >= 4 is 23.4 Å². The average Bonchev–Trinajstić information content (AvgIpc) is 3.47. The van der Waals surface area contributed by atoms with Gasteiger partial charge in [-0.25, -0.2) is 4.79 Å². The highest BCUT2D eigenvalue weighted by molar-refractivity contribution is 6.04. The summed E-state index contributed by atoms with van der Waals surface area (Å²) in [5, 5.41) is 15.7. The maximum Gasteiger partial charge on any atom is 0.319 e. The molecule has 3 amide bonds. The van der Waals surface area contributed by atoms with Crippen LogP contribution in [-0.2, 0) is 11.3 Å². The lowest BCUT2D eigenvalue weighted by Gasteiger charge is -2.26. The summed E-state index contributed by atoms with van der Waals surface area (Å²) >= 11 is 0. The predicted molar refractivity (Wildman–Crippen MR) is 158 cm³/mol. The van der Waals surface area contributed by atoms with Crippen molar-refractivity contribution in [1.82, 2.24) is 20.4 Å². The van der Waals surface area contributed by atoms with Crippen molar-refractivity contribution in [1.29, 1.82) is 0 Å². The summed E-state index contributed by atoms with van der Waals surface area (Å²) in [6.45, 7) is 7.20. The number of H-pyrrole nitrogens is 1. The Hall–Kier alpha value is -4.67. The molecule has 10 heteroatoms. The van der Waals surface area contributed by atoms with Crippen LogP contribution in [0.1, 0.15) is 21.5 Å². The van der Waals surface area contributed by atoms with Crippen LogP contribution in [0.4, 0.5) is 16.3 Å². The van der Waals surface area contributed by atoms with Crippen molar-refractivity contribution in [3.8, 4) is 17.0 Å². The molecule has 1 saturated heterocycles. The molecule has 1 fully saturated rings. The predicted octanol–water partition coefficient (Wildman–Crippen LogP) is 4.67. The summed E-state index contributed by atoms with van der Waals surface area (Å²) < 4.78 is 11.2. The van der Waals surface area contributed by atoms with Crippen molar-refractivity contribution < 1.29 is 19.1 Å². The molecule has 4 aromatic rings. The van der Waals surface area contributed by atoms with Crippen LogP contribution in [0.5, 0.6) is 5.75 Å². The van der Waals surface area contributed by atoms with Crippen molar-refractivity contribution in [3.63, 3.8) is 0 Å². The number of aryl methyl sites for hydroxylation is 1. The van der Waals surface area contributed by atoms with Gasteiger partial charge in [-0.2, -0.15) is 5.10 Å². The van der Waals surface area contributed by atoms with Crippen LogP contribution >= 0.6 is 0 Å². The standard InChI is InChI=1S/C31H34N6O4/c1-22-2-10-26(11-3-22)33-31(39)32-21-23-4-6-24(7-5-23)28-20-29(36-35-28)34-30(38)25-8-12-27(13-9-25)41-19-16-37-14-17-40-18-15-37/h2-13,20H,14-19,21H2,1H3,(H2,32,33,39)(H2,34,35,36,38). The number of aromatic nitrogens is 2. The molecule has 0 saturated carbocycles. The molecule has 1 aliphatic rings. The van der Waals surface area contributed by atoms with E-state index in [4.69, 9.17) is 9.47 Å². The Balaban J connectivity index is 1.07. The number of amides is 3. The number of benzene rings is 3. The van der Waals surface area contributed by atoms with Crippen LogP contribution in [0.25, 0.3) is 11.3 Å². The van der Waals surface area contributed by atoms with Gasteiger partial charge in [0.15, 0.2) is 5.82 Å². The van der Waals surface area contributed by atoms with E-state index in [0.717, 1.165) is 66.7 Å². The largest absolute Gasteiger partial charge is 0.492 e. The van der Waals surface area contributed by atoms with Crippen LogP contribution in [0.3, 0.4) is 0 Å². The summed E-state index contributed by atoms with van der Waals surface area (Å²) in [5.41, 5.74) is 5.01. The summed E-state index contributed by atoms with van der Waals surface area (Å²) in [6, 6.07) is 24.0. The maximum absolute atomic E-state index is 12.7. The van der Waals surface area contributed by atoms with Crippen LogP contribution < -0.4 is 20.7 Å². The van der Waals surface area contributed by atoms with Gasteiger partial charge < -0.3 is 25.4 Å². The van der Waals surface area contributed by atoms with E-state index in [-0.39, 0.29) is 11.9 Å². The van der Waals surface area contributed by atoms with Crippen molar-refractivity contribution in [2.45, 2.75) is 13.5 Å². The number of anilines is 2. The number of hydrogen-bond donors (Lipinski definition) is 4. The Morgan fingerprint density at radius 1 is 0.951 bits per heavy atom. The van der Waals surface area contributed by atoms with E-state index in [1.807, 2.05) is 55.5 Å². The third kappa shape index (κ3) is 8.17. The summed E-state index contributed by atoms with van der Waals surface area (Å²) in [4.78, 5) is 27.2. The number of nitrogens with zero attached hydrogens (tertiary/aromatic N) is 2. The minimum absolute atomic E-state index is 0.256. The fourth-order valence-corrected chi connectivity index (χ4v) is 4.34. The Morgan fingerprint density at radius 3 is 2.41 bits per heavy atom. The lowest BCUT2D eigenvalue weighted by molar-refractivity contribution is 0.0322. The second kappa shape index (κ2) is 13.6. The van der Waals surface area contributed by atoms with Gasteiger partial charge in [-0.3, -0.25) is 14.8 Å². The highest BCUT2D eigenvalue weighted by Gasteiger charge is 2.12. The van der Waals surface area contributed by atoms with Gasteiger partial charge in [0.2, 0.25) is 0 Å². The molecule has 41 heavy (non-hydrogen) atoms. The summed E-state index contributed by atoms with van der Waals surface area (Å²) in [6.07, 6.45) is 0. The molecule has 0 radical (unpaired) electrons. The molecule has 0 bridgehead atoms.